The molecule has 60 valence electrons. The Hall–Kier alpha value is -0.810. The first-order valence-corrected chi connectivity index (χ1v) is 4.70. The SMILES string of the molecule is O=Cc1cc(Br)c2nsnc2c1. The van der Waals surface area contributed by atoms with Crippen molar-refractivity contribution in [3.63, 3.8) is 0 Å². The van der Waals surface area contributed by atoms with Crippen LogP contribution < -0.4 is 0 Å². The van der Waals surface area contributed by atoms with Crippen LogP contribution in [-0.4, -0.2) is 15.0 Å². The van der Waals surface area contributed by atoms with E-state index in [0.29, 0.717) is 5.56 Å². The van der Waals surface area contributed by atoms with Crippen LogP contribution in [0.2, 0.25) is 0 Å². The van der Waals surface area contributed by atoms with Gasteiger partial charge in [-0.1, -0.05) is 0 Å². The first-order chi connectivity index (χ1) is 5.81. The Balaban J connectivity index is 2.83. The van der Waals surface area contributed by atoms with E-state index >= 15 is 0 Å². The molecule has 1 heterocycles. The second kappa shape index (κ2) is 2.91. The lowest BCUT2D eigenvalue weighted by atomic mass is 10.2. The van der Waals surface area contributed by atoms with E-state index in [1.54, 1.807) is 12.1 Å². The Labute approximate surface area is 80.9 Å². The number of benzene rings is 1. The third-order valence-electron chi connectivity index (χ3n) is 1.47. The van der Waals surface area contributed by atoms with E-state index in [1.165, 1.54) is 0 Å². The number of aldehydes is 1. The Morgan fingerprint density at radius 2 is 2.25 bits per heavy atom. The van der Waals surface area contributed by atoms with Crippen LogP contribution in [0.15, 0.2) is 16.6 Å². The molecule has 0 bridgehead atoms. The quantitative estimate of drug-likeness (QED) is 0.721. The van der Waals surface area contributed by atoms with Crippen molar-refractivity contribution in [3.05, 3.63) is 22.2 Å². The number of nitrogens with zero attached hydrogens (tertiary/aromatic N) is 2. The van der Waals surface area contributed by atoms with Gasteiger partial charge in [0, 0.05) is 10.0 Å². The summed E-state index contributed by atoms with van der Waals surface area (Å²) in [5.41, 5.74) is 2.18. The van der Waals surface area contributed by atoms with E-state index < -0.39 is 0 Å². The molecule has 0 aliphatic rings. The molecule has 0 radical (unpaired) electrons. The average Bonchev–Trinajstić information content (AvgIpc) is 2.52. The van der Waals surface area contributed by atoms with Gasteiger partial charge in [0.2, 0.25) is 0 Å². The fourth-order valence-corrected chi connectivity index (χ4v) is 2.15. The van der Waals surface area contributed by atoms with E-state index in [0.717, 1.165) is 33.5 Å². The van der Waals surface area contributed by atoms with Crippen molar-refractivity contribution in [3.8, 4) is 0 Å². The third-order valence-corrected chi connectivity index (χ3v) is 2.62. The molecule has 0 saturated heterocycles. The summed E-state index contributed by atoms with van der Waals surface area (Å²) in [6.07, 6.45) is 0.795. The molecule has 2 rings (SSSR count). The van der Waals surface area contributed by atoms with Gasteiger partial charge in [-0.05, 0) is 28.1 Å². The normalized spacial score (nSPS) is 10.4. The number of halogens is 1. The van der Waals surface area contributed by atoms with E-state index in [9.17, 15) is 4.79 Å². The second-order valence-corrected chi connectivity index (χ2v) is 3.64. The topological polar surface area (TPSA) is 42.9 Å². The lowest BCUT2D eigenvalue weighted by Gasteiger charge is -1.92. The molecule has 0 N–H and O–H groups in total. The minimum Gasteiger partial charge on any atom is -0.298 e. The Morgan fingerprint density at radius 3 is 3.00 bits per heavy atom. The Bertz CT molecular complexity index is 440. The molecule has 0 saturated carbocycles. The van der Waals surface area contributed by atoms with Crippen molar-refractivity contribution in [2.75, 3.05) is 0 Å². The molecule has 5 heteroatoms. The molecule has 0 aliphatic carbocycles. The van der Waals surface area contributed by atoms with Gasteiger partial charge in [0.25, 0.3) is 0 Å². The minimum atomic E-state index is 0.613. The van der Waals surface area contributed by atoms with Crippen molar-refractivity contribution >= 4 is 45.0 Å². The largest absolute Gasteiger partial charge is 0.298 e. The van der Waals surface area contributed by atoms with E-state index in [4.69, 9.17) is 0 Å². The average molecular weight is 243 g/mol. The molecule has 3 nitrogen and oxygen atoms in total. The monoisotopic (exact) mass is 242 g/mol. The predicted octanol–water partition coefficient (Wildman–Crippen LogP) is 2.27. The van der Waals surface area contributed by atoms with Crippen molar-refractivity contribution in [2.24, 2.45) is 0 Å². The molecular formula is C7H3BrN2OS. The van der Waals surface area contributed by atoms with Gasteiger partial charge in [-0.15, -0.1) is 0 Å². The minimum absolute atomic E-state index is 0.613. The van der Waals surface area contributed by atoms with Crippen molar-refractivity contribution in [1.29, 1.82) is 0 Å². The number of carbonyl (C=O) groups excluding carboxylic acids is 1. The van der Waals surface area contributed by atoms with Crippen LogP contribution in [0.1, 0.15) is 10.4 Å². The van der Waals surface area contributed by atoms with E-state index in [2.05, 4.69) is 24.7 Å². The first kappa shape index (κ1) is 7.82. The van der Waals surface area contributed by atoms with E-state index in [-0.39, 0.29) is 0 Å². The molecule has 1 aromatic heterocycles. The summed E-state index contributed by atoms with van der Waals surface area (Å²) in [6.45, 7) is 0. The molecule has 12 heavy (non-hydrogen) atoms. The lowest BCUT2D eigenvalue weighted by Crippen LogP contribution is -1.80. The number of hydrogen-bond donors (Lipinski definition) is 0. The lowest BCUT2D eigenvalue weighted by molar-refractivity contribution is 0.112. The maximum absolute atomic E-state index is 10.5. The zero-order valence-electron chi connectivity index (χ0n) is 5.82. The van der Waals surface area contributed by atoms with Crippen LogP contribution in [-0.2, 0) is 0 Å². The smallest absolute Gasteiger partial charge is 0.150 e. The second-order valence-electron chi connectivity index (χ2n) is 2.25. The molecule has 0 fully saturated rings. The van der Waals surface area contributed by atoms with Crippen molar-refractivity contribution in [1.82, 2.24) is 8.75 Å². The molecule has 0 atom stereocenters. The highest BCUT2D eigenvalue weighted by Crippen LogP contribution is 2.23. The van der Waals surface area contributed by atoms with Gasteiger partial charge in [-0.2, -0.15) is 8.75 Å². The van der Waals surface area contributed by atoms with Crippen LogP contribution in [0.4, 0.5) is 0 Å². The van der Waals surface area contributed by atoms with Gasteiger partial charge in [0.05, 0.1) is 11.7 Å². The van der Waals surface area contributed by atoms with Crippen molar-refractivity contribution in [2.45, 2.75) is 0 Å². The number of hydrogen-bond acceptors (Lipinski definition) is 4. The number of fused-ring (bicyclic) bond motifs is 1. The highest BCUT2D eigenvalue weighted by atomic mass is 79.9. The molecule has 0 spiro atoms. The summed E-state index contributed by atoms with van der Waals surface area (Å²) in [7, 11) is 0. The number of carbonyl (C=O) groups is 1. The maximum Gasteiger partial charge on any atom is 0.150 e. The zero-order valence-corrected chi connectivity index (χ0v) is 8.22. The first-order valence-electron chi connectivity index (χ1n) is 3.18. The fraction of sp³-hybridized carbons (Fsp3) is 0. The summed E-state index contributed by atoms with van der Waals surface area (Å²) in [4.78, 5) is 10.5. The summed E-state index contributed by atoms with van der Waals surface area (Å²) >= 11 is 4.45. The zero-order chi connectivity index (χ0) is 8.55. The third kappa shape index (κ3) is 1.15. The molecule has 0 aliphatic heterocycles. The van der Waals surface area contributed by atoms with Crippen LogP contribution in [0.3, 0.4) is 0 Å². The van der Waals surface area contributed by atoms with Gasteiger partial charge in [0.15, 0.2) is 0 Å². The summed E-state index contributed by atoms with van der Waals surface area (Å²) in [5.74, 6) is 0. The highest BCUT2D eigenvalue weighted by Gasteiger charge is 2.04. The van der Waals surface area contributed by atoms with Crippen LogP contribution in [0.5, 0.6) is 0 Å². The van der Waals surface area contributed by atoms with Gasteiger partial charge < -0.3 is 0 Å². The van der Waals surface area contributed by atoms with Crippen molar-refractivity contribution < 1.29 is 4.79 Å². The Morgan fingerprint density at radius 1 is 1.42 bits per heavy atom. The standard InChI is InChI=1S/C7H3BrN2OS/c8-5-1-4(3-11)2-6-7(5)10-12-9-6/h1-3H. The predicted molar refractivity (Wildman–Crippen MR) is 50.5 cm³/mol. The van der Waals surface area contributed by atoms with Gasteiger partial charge in [0.1, 0.15) is 17.3 Å². The van der Waals surface area contributed by atoms with Crippen LogP contribution in [0.25, 0.3) is 11.0 Å². The van der Waals surface area contributed by atoms with E-state index in [1.807, 2.05) is 0 Å². The van der Waals surface area contributed by atoms with Crippen LogP contribution >= 0.6 is 27.7 Å². The summed E-state index contributed by atoms with van der Waals surface area (Å²) in [5, 5.41) is 0. The fourth-order valence-electron chi connectivity index (χ4n) is 0.938. The van der Waals surface area contributed by atoms with Crippen LogP contribution in [0, 0.1) is 0 Å². The van der Waals surface area contributed by atoms with Gasteiger partial charge in [-0.25, -0.2) is 0 Å². The molecule has 1 aromatic carbocycles. The summed E-state index contributed by atoms with van der Waals surface area (Å²) < 4.78 is 8.91. The van der Waals surface area contributed by atoms with Gasteiger partial charge >= 0.3 is 0 Å². The number of aromatic nitrogens is 2. The molecule has 0 unspecified atom stereocenters. The highest BCUT2D eigenvalue weighted by molar-refractivity contribution is 9.10. The maximum atomic E-state index is 10.5. The molecular weight excluding hydrogens is 240 g/mol. The Kier molecular flexibility index (Phi) is 1.90. The molecule has 2 aromatic rings. The molecule has 0 amide bonds. The van der Waals surface area contributed by atoms with Gasteiger partial charge in [-0.3, -0.25) is 4.79 Å². The number of rotatable bonds is 1. The summed E-state index contributed by atoms with van der Waals surface area (Å²) in [6, 6.07) is 3.45.